The number of hydrogen-bond acceptors (Lipinski definition) is 2. The van der Waals surface area contributed by atoms with Crippen LogP contribution in [0.3, 0.4) is 0 Å². The van der Waals surface area contributed by atoms with Crippen LogP contribution in [0, 0.1) is 12.8 Å². The Morgan fingerprint density at radius 2 is 1.82 bits per heavy atom. The van der Waals surface area contributed by atoms with Gasteiger partial charge in [-0.2, -0.15) is 0 Å². The predicted molar refractivity (Wildman–Crippen MR) is 73.4 cm³/mol. The van der Waals surface area contributed by atoms with Crippen molar-refractivity contribution in [3.63, 3.8) is 0 Å². The summed E-state index contributed by atoms with van der Waals surface area (Å²) in [5, 5.41) is 3.36. The van der Waals surface area contributed by atoms with Crippen LogP contribution >= 0.6 is 0 Å². The molecule has 0 amide bonds. The molecule has 1 aromatic rings. The van der Waals surface area contributed by atoms with Crippen molar-refractivity contribution in [2.24, 2.45) is 5.92 Å². The molecule has 0 fully saturated rings. The summed E-state index contributed by atoms with van der Waals surface area (Å²) in [5.41, 5.74) is 2.43. The van der Waals surface area contributed by atoms with E-state index >= 15 is 0 Å². The van der Waals surface area contributed by atoms with Crippen molar-refractivity contribution >= 4 is 11.5 Å². The molecule has 0 radical (unpaired) electrons. The van der Waals surface area contributed by atoms with Gasteiger partial charge in [0.1, 0.15) is 5.78 Å². The Balaban J connectivity index is 2.12. The van der Waals surface area contributed by atoms with E-state index < -0.39 is 0 Å². The number of ketones is 1. The quantitative estimate of drug-likeness (QED) is 0.726. The average Bonchev–Trinajstić information content (AvgIpc) is 2.30. The Morgan fingerprint density at radius 1 is 1.18 bits per heavy atom. The minimum Gasteiger partial charge on any atom is -0.385 e. The first kappa shape index (κ1) is 13.8. The minimum atomic E-state index is 0.181. The maximum absolute atomic E-state index is 11.4. The standard InChI is InChI=1S/C15H23NO/c1-12(2)15(17)6-4-5-11-16-14-9-7-13(3)8-10-14/h7-10,12,16H,4-6,11H2,1-3H3. The van der Waals surface area contributed by atoms with Crippen molar-refractivity contribution in [1.29, 1.82) is 0 Å². The molecule has 1 aromatic carbocycles. The fourth-order valence-corrected chi connectivity index (χ4v) is 1.62. The van der Waals surface area contributed by atoms with Crippen LogP contribution in [0.25, 0.3) is 0 Å². The van der Waals surface area contributed by atoms with Gasteiger partial charge in [0.05, 0.1) is 0 Å². The zero-order chi connectivity index (χ0) is 12.7. The van der Waals surface area contributed by atoms with Gasteiger partial charge in [0.2, 0.25) is 0 Å². The number of Topliss-reactive ketones (excluding diaryl/α,β-unsaturated/α-hetero) is 1. The lowest BCUT2D eigenvalue weighted by Crippen LogP contribution is -2.08. The second-order valence-electron chi connectivity index (χ2n) is 4.87. The summed E-state index contributed by atoms with van der Waals surface area (Å²) < 4.78 is 0. The van der Waals surface area contributed by atoms with Gasteiger partial charge in [-0.15, -0.1) is 0 Å². The minimum absolute atomic E-state index is 0.181. The first-order valence-electron chi connectivity index (χ1n) is 6.43. The number of carbonyl (C=O) groups is 1. The Labute approximate surface area is 104 Å². The van der Waals surface area contributed by atoms with Gasteiger partial charge in [0.15, 0.2) is 0 Å². The number of benzene rings is 1. The number of aryl methyl sites for hydroxylation is 1. The number of hydrogen-bond donors (Lipinski definition) is 1. The van der Waals surface area contributed by atoms with Crippen LogP contribution in [-0.4, -0.2) is 12.3 Å². The van der Waals surface area contributed by atoms with E-state index in [9.17, 15) is 4.79 Å². The molecule has 0 atom stereocenters. The maximum atomic E-state index is 11.4. The van der Waals surface area contributed by atoms with Crippen LogP contribution in [0.4, 0.5) is 5.69 Å². The highest BCUT2D eigenvalue weighted by molar-refractivity contribution is 5.80. The summed E-state index contributed by atoms with van der Waals surface area (Å²) >= 11 is 0. The number of nitrogens with one attached hydrogen (secondary N) is 1. The Bertz CT molecular complexity index is 340. The maximum Gasteiger partial charge on any atom is 0.135 e. The number of carbonyl (C=O) groups excluding carboxylic acids is 1. The molecule has 0 spiro atoms. The van der Waals surface area contributed by atoms with E-state index in [2.05, 4.69) is 36.5 Å². The highest BCUT2D eigenvalue weighted by Crippen LogP contribution is 2.09. The molecule has 0 heterocycles. The molecule has 0 saturated carbocycles. The summed E-state index contributed by atoms with van der Waals surface area (Å²) in [4.78, 5) is 11.4. The van der Waals surface area contributed by atoms with E-state index in [4.69, 9.17) is 0 Å². The largest absolute Gasteiger partial charge is 0.385 e. The highest BCUT2D eigenvalue weighted by atomic mass is 16.1. The summed E-state index contributed by atoms with van der Waals surface area (Å²) in [6.45, 7) is 6.95. The molecule has 0 aliphatic rings. The first-order valence-corrected chi connectivity index (χ1v) is 6.43. The monoisotopic (exact) mass is 233 g/mol. The first-order chi connectivity index (χ1) is 8.09. The fourth-order valence-electron chi connectivity index (χ4n) is 1.62. The van der Waals surface area contributed by atoms with Crippen LogP contribution in [0.5, 0.6) is 0 Å². The molecular weight excluding hydrogens is 210 g/mol. The zero-order valence-electron chi connectivity index (χ0n) is 11.1. The lowest BCUT2D eigenvalue weighted by molar-refractivity contribution is -0.121. The molecule has 0 unspecified atom stereocenters. The summed E-state index contributed by atoms with van der Waals surface area (Å²) in [7, 11) is 0. The lowest BCUT2D eigenvalue weighted by Gasteiger charge is -2.07. The van der Waals surface area contributed by atoms with Gasteiger partial charge in [-0.25, -0.2) is 0 Å². The van der Waals surface area contributed by atoms with Crippen molar-refractivity contribution in [2.45, 2.75) is 40.0 Å². The molecule has 2 nitrogen and oxygen atoms in total. The van der Waals surface area contributed by atoms with Crippen molar-refractivity contribution < 1.29 is 4.79 Å². The summed E-state index contributed by atoms with van der Waals surface area (Å²) in [5.74, 6) is 0.556. The van der Waals surface area contributed by atoms with E-state index in [1.54, 1.807) is 0 Å². The van der Waals surface area contributed by atoms with Crippen molar-refractivity contribution in [1.82, 2.24) is 0 Å². The van der Waals surface area contributed by atoms with E-state index in [1.807, 2.05) is 13.8 Å². The van der Waals surface area contributed by atoms with E-state index in [-0.39, 0.29) is 5.92 Å². The van der Waals surface area contributed by atoms with Gasteiger partial charge >= 0.3 is 0 Å². The van der Waals surface area contributed by atoms with Crippen LogP contribution < -0.4 is 5.32 Å². The molecule has 0 aromatic heterocycles. The Kier molecular flexibility index (Phi) is 5.75. The van der Waals surface area contributed by atoms with Crippen molar-refractivity contribution in [3.05, 3.63) is 29.8 Å². The molecule has 94 valence electrons. The number of anilines is 1. The van der Waals surface area contributed by atoms with Gasteiger partial charge in [-0.05, 0) is 31.9 Å². The highest BCUT2D eigenvalue weighted by Gasteiger charge is 2.05. The molecular formula is C15H23NO. The second kappa shape index (κ2) is 7.10. The summed E-state index contributed by atoms with van der Waals surface area (Å²) in [6, 6.07) is 8.39. The van der Waals surface area contributed by atoms with Crippen molar-refractivity contribution in [3.8, 4) is 0 Å². The zero-order valence-corrected chi connectivity index (χ0v) is 11.1. The van der Waals surface area contributed by atoms with Crippen molar-refractivity contribution in [2.75, 3.05) is 11.9 Å². The van der Waals surface area contributed by atoms with Crippen LogP contribution in [-0.2, 0) is 4.79 Å². The molecule has 1 N–H and O–H groups in total. The molecule has 0 aliphatic heterocycles. The molecule has 17 heavy (non-hydrogen) atoms. The molecule has 0 saturated heterocycles. The average molecular weight is 233 g/mol. The van der Waals surface area contributed by atoms with Gasteiger partial charge in [0, 0.05) is 24.6 Å². The summed E-state index contributed by atoms with van der Waals surface area (Å²) in [6.07, 6.45) is 2.75. The number of unbranched alkanes of at least 4 members (excludes halogenated alkanes) is 1. The van der Waals surface area contributed by atoms with Crippen LogP contribution in [0.1, 0.15) is 38.7 Å². The molecule has 0 bridgehead atoms. The SMILES string of the molecule is Cc1ccc(NCCCCC(=O)C(C)C)cc1. The van der Waals surface area contributed by atoms with E-state index in [0.717, 1.165) is 25.1 Å². The smallest absolute Gasteiger partial charge is 0.135 e. The van der Waals surface area contributed by atoms with Crippen LogP contribution in [0.15, 0.2) is 24.3 Å². The van der Waals surface area contributed by atoms with Gasteiger partial charge in [-0.1, -0.05) is 31.5 Å². The third kappa shape index (κ3) is 5.53. The lowest BCUT2D eigenvalue weighted by atomic mass is 10.0. The van der Waals surface area contributed by atoms with E-state index in [0.29, 0.717) is 12.2 Å². The molecule has 1 rings (SSSR count). The molecule has 0 aliphatic carbocycles. The van der Waals surface area contributed by atoms with E-state index in [1.165, 1.54) is 5.56 Å². The van der Waals surface area contributed by atoms with Gasteiger partial charge < -0.3 is 5.32 Å². The Hall–Kier alpha value is -1.31. The fraction of sp³-hybridized carbons (Fsp3) is 0.533. The number of rotatable bonds is 7. The third-order valence-electron chi connectivity index (χ3n) is 2.87. The predicted octanol–water partition coefficient (Wildman–Crippen LogP) is 3.80. The Morgan fingerprint density at radius 3 is 2.41 bits per heavy atom. The molecule has 2 heteroatoms. The van der Waals surface area contributed by atoms with Gasteiger partial charge in [0.25, 0.3) is 0 Å². The third-order valence-corrected chi connectivity index (χ3v) is 2.87. The normalized spacial score (nSPS) is 10.6. The topological polar surface area (TPSA) is 29.1 Å². The van der Waals surface area contributed by atoms with Gasteiger partial charge in [-0.3, -0.25) is 4.79 Å². The second-order valence-corrected chi connectivity index (χ2v) is 4.87. The van der Waals surface area contributed by atoms with Crippen LogP contribution in [0.2, 0.25) is 0 Å².